The average molecular weight is 437 g/mol. The van der Waals surface area contributed by atoms with Gasteiger partial charge in [-0.1, -0.05) is 54.1 Å². The molecule has 1 unspecified atom stereocenters. The molecule has 0 fully saturated rings. The first-order valence-electron chi connectivity index (χ1n) is 9.88. The Balaban J connectivity index is 1.65. The van der Waals surface area contributed by atoms with Crippen LogP contribution in [0.5, 0.6) is 0 Å². The van der Waals surface area contributed by atoms with E-state index in [4.69, 9.17) is 4.74 Å². The zero-order valence-electron chi connectivity index (χ0n) is 17.5. The second kappa shape index (κ2) is 9.96. The second-order valence-electron chi connectivity index (χ2n) is 7.27. The first-order chi connectivity index (χ1) is 15.3. The fourth-order valence-corrected chi connectivity index (χ4v) is 3.14. The minimum atomic E-state index is -0.836. The summed E-state index contributed by atoms with van der Waals surface area (Å²) >= 11 is 0. The highest BCUT2D eigenvalue weighted by Crippen LogP contribution is 2.18. The van der Waals surface area contributed by atoms with Gasteiger partial charge in [0.2, 0.25) is 0 Å². The molecule has 0 spiro atoms. The van der Waals surface area contributed by atoms with E-state index in [9.17, 15) is 23.2 Å². The van der Waals surface area contributed by atoms with E-state index in [2.05, 4.69) is 5.32 Å². The Morgan fingerprint density at radius 3 is 2.25 bits per heavy atom. The van der Waals surface area contributed by atoms with Crippen molar-refractivity contribution in [2.24, 2.45) is 0 Å². The molecule has 0 radical (unpaired) electrons. The molecule has 0 aromatic heterocycles. The number of amides is 1. The number of hydrogen-bond acceptors (Lipinski definition) is 4. The number of carbonyl (C=O) groups is 3. The Morgan fingerprint density at radius 1 is 0.938 bits per heavy atom. The molecule has 0 saturated carbocycles. The number of rotatable bonds is 7. The molecule has 1 amide bonds. The van der Waals surface area contributed by atoms with Crippen LogP contribution in [-0.4, -0.2) is 24.3 Å². The smallest absolute Gasteiger partial charge is 0.339 e. The average Bonchev–Trinajstić information content (AvgIpc) is 2.77. The van der Waals surface area contributed by atoms with Crippen molar-refractivity contribution in [1.29, 1.82) is 0 Å². The van der Waals surface area contributed by atoms with Gasteiger partial charge in [-0.15, -0.1) is 0 Å². The Hall–Kier alpha value is -3.87. The standard InChI is InChI=1S/C25H21F2NO4/c1-15-7-9-17(10-8-15)24(30)20-5-3-4-6-21(20)25(31)32-14-23(29)28-16(2)19-12-11-18(26)13-22(19)27/h3-13,16H,14H2,1-2H3,(H,28,29). The normalized spacial score (nSPS) is 11.5. The quantitative estimate of drug-likeness (QED) is 0.435. The van der Waals surface area contributed by atoms with E-state index in [1.165, 1.54) is 25.1 Å². The third-order valence-electron chi connectivity index (χ3n) is 4.85. The summed E-state index contributed by atoms with van der Waals surface area (Å²) in [6, 6.07) is 15.4. The number of nitrogens with one attached hydrogen (secondary N) is 1. The Labute approximate surface area is 184 Å². The minimum Gasteiger partial charge on any atom is -0.452 e. The number of aryl methyl sites for hydroxylation is 1. The summed E-state index contributed by atoms with van der Waals surface area (Å²) in [5.41, 5.74) is 1.70. The number of ketones is 1. The molecule has 3 rings (SSSR count). The van der Waals surface area contributed by atoms with Gasteiger partial charge in [0, 0.05) is 22.8 Å². The Morgan fingerprint density at radius 2 is 1.59 bits per heavy atom. The van der Waals surface area contributed by atoms with E-state index in [0.29, 0.717) is 5.56 Å². The van der Waals surface area contributed by atoms with Gasteiger partial charge in [-0.05, 0) is 26.0 Å². The maximum Gasteiger partial charge on any atom is 0.339 e. The summed E-state index contributed by atoms with van der Waals surface area (Å²) < 4.78 is 32.0. The number of ether oxygens (including phenoxy) is 1. The molecule has 0 aliphatic carbocycles. The Kier molecular flexibility index (Phi) is 7.10. The zero-order chi connectivity index (χ0) is 23.3. The highest BCUT2D eigenvalue weighted by molar-refractivity contribution is 6.14. The molecule has 1 N–H and O–H groups in total. The van der Waals surface area contributed by atoms with Crippen LogP contribution in [-0.2, 0) is 9.53 Å². The molecule has 0 heterocycles. The molecule has 3 aromatic rings. The van der Waals surface area contributed by atoms with Crippen molar-refractivity contribution in [1.82, 2.24) is 5.32 Å². The van der Waals surface area contributed by atoms with Crippen molar-refractivity contribution in [2.45, 2.75) is 19.9 Å². The van der Waals surface area contributed by atoms with Gasteiger partial charge in [0.15, 0.2) is 12.4 Å². The van der Waals surface area contributed by atoms with E-state index >= 15 is 0 Å². The largest absolute Gasteiger partial charge is 0.452 e. The first kappa shape index (κ1) is 22.8. The molecule has 5 nitrogen and oxygen atoms in total. The summed E-state index contributed by atoms with van der Waals surface area (Å²) in [6.45, 7) is 2.79. The molecular formula is C25H21F2NO4. The van der Waals surface area contributed by atoms with E-state index in [-0.39, 0.29) is 22.5 Å². The van der Waals surface area contributed by atoms with Crippen molar-refractivity contribution in [3.05, 3.63) is 106 Å². The predicted molar refractivity (Wildman–Crippen MR) is 114 cm³/mol. The third kappa shape index (κ3) is 5.43. The number of benzene rings is 3. The summed E-state index contributed by atoms with van der Waals surface area (Å²) in [5, 5.41) is 2.49. The predicted octanol–water partition coefficient (Wildman–Crippen LogP) is 4.54. The fourth-order valence-electron chi connectivity index (χ4n) is 3.14. The number of halogens is 2. The van der Waals surface area contributed by atoms with Gasteiger partial charge in [0.25, 0.3) is 5.91 Å². The maximum absolute atomic E-state index is 13.9. The number of esters is 1. The molecule has 0 aliphatic rings. The highest BCUT2D eigenvalue weighted by Gasteiger charge is 2.21. The van der Waals surface area contributed by atoms with Crippen LogP contribution in [0.1, 0.15) is 50.4 Å². The summed E-state index contributed by atoms with van der Waals surface area (Å²) in [5.74, 6) is -3.37. The van der Waals surface area contributed by atoms with Crippen LogP contribution in [0.3, 0.4) is 0 Å². The van der Waals surface area contributed by atoms with Gasteiger partial charge in [-0.3, -0.25) is 9.59 Å². The molecule has 164 valence electrons. The lowest BCUT2D eigenvalue weighted by Gasteiger charge is -2.15. The van der Waals surface area contributed by atoms with E-state index in [0.717, 1.165) is 17.7 Å². The fraction of sp³-hybridized carbons (Fsp3) is 0.160. The molecule has 7 heteroatoms. The van der Waals surface area contributed by atoms with Gasteiger partial charge in [0.05, 0.1) is 11.6 Å². The molecule has 1 atom stereocenters. The van der Waals surface area contributed by atoms with Gasteiger partial charge in [-0.2, -0.15) is 0 Å². The maximum atomic E-state index is 13.9. The molecule has 0 bridgehead atoms. The van der Waals surface area contributed by atoms with Gasteiger partial charge in [0.1, 0.15) is 11.6 Å². The molecule has 32 heavy (non-hydrogen) atoms. The summed E-state index contributed by atoms with van der Waals surface area (Å²) in [7, 11) is 0. The van der Waals surface area contributed by atoms with Gasteiger partial charge >= 0.3 is 5.97 Å². The summed E-state index contributed by atoms with van der Waals surface area (Å²) in [6.07, 6.45) is 0. The lowest BCUT2D eigenvalue weighted by Crippen LogP contribution is -2.31. The minimum absolute atomic E-state index is 0.0310. The first-order valence-corrected chi connectivity index (χ1v) is 9.88. The Bertz CT molecular complexity index is 1160. The molecule has 0 saturated heterocycles. The van der Waals surface area contributed by atoms with Crippen molar-refractivity contribution in [3.8, 4) is 0 Å². The van der Waals surface area contributed by atoms with Crippen molar-refractivity contribution in [3.63, 3.8) is 0 Å². The van der Waals surface area contributed by atoms with Crippen LogP contribution in [0.2, 0.25) is 0 Å². The second-order valence-corrected chi connectivity index (χ2v) is 7.27. The van der Waals surface area contributed by atoms with Crippen LogP contribution in [0.15, 0.2) is 66.7 Å². The van der Waals surface area contributed by atoms with E-state index in [1.807, 2.05) is 6.92 Å². The van der Waals surface area contributed by atoms with Crippen LogP contribution >= 0.6 is 0 Å². The zero-order valence-corrected chi connectivity index (χ0v) is 17.5. The van der Waals surface area contributed by atoms with E-state index < -0.39 is 36.2 Å². The van der Waals surface area contributed by atoms with Gasteiger partial charge in [-0.25, -0.2) is 13.6 Å². The highest BCUT2D eigenvalue weighted by atomic mass is 19.1. The number of hydrogen-bond donors (Lipinski definition) is 1. The topological polar surface area (TPSA) is 72.5 Å². The van der Waals surface area contributed by atoms with Gasteiger partial charge < -0.3 is 10.1 Å². The molecule has 0 aliphatic heterocycles. The van der Waals surface area contributed by atoms with E-state index in [1.54, 1.807) is 36.4 Å². The van der Waals surface area contributed by atoms with Crippen molar-refractivity contribution < 1.29 is 27.9 Å². The SMILES string of the molecule is Cc1ccc(C(=O)c2ccccc2C(=O)OCC(=O)NC(C)c2ccc(F)cc2F)cc1. The summed E-state index contributed by atoms with van der Waals surface area (Å²) in [4.78, 5) is 37.5. The number of carbonyl (C=O) groups excluding carboxylic acids is 3. The van der Waals surface area contributed by atoms with Crippen LogP contribution in [0, 0.1) is 18.6 Å². The molecule has 3 aromatic carbocycles. The monoisotopic (exact) mass is 437 g/mol. The van der Waals surface area contributed by atoms with Crippen molar-refractivity contribution >= 4 is 17.7 Å². The van der Waals surface area contributed by atoms with Crippen molar-refractivity contribution in [2.75, 3.05) is 6.61 Å². The van der Waals surface area contributed by atoms with Crippen LogP contribution in [0.4, 0.5) is 8.78 Å². The van der Waals surface area contributed by atoms with Crippen LogP contribution in [0.25, 0.3) is 0 Å². The lowest BCUT2D eigenvalue weighted by molar-refractivity contribution is -0.124. The molecular weight excluding hydrogens is 416 g/mol. The van der Waals surface area contributed by atoms with Crippen LogP contribution < -0.4 is 5.32 Å². The lowest BCUT2D eigenvalue weighted by atomic mass is 9.98. The third-order valence-corrected chi connectivity index (χ3v) is 4.85.